The van der Waals surface area contributed by atoms with Crippen LogP contribution >= 0.6 is 11.3 Å². The van der Waals surface area contributed by atoms with Gasteiger partial charge in [-0.25, -0.2) is 14.8 Å². The molecule has 0 aliphatic rings. The van der Waals surface area contributed by atoms with Crippen LogP contribution in [0.2, 0.25) is 0 Å². The van der Waals surface area contributed by atoms with Crippen molar-refractivity contribution in [1.29, 1.82) is 0 Å². The highest BCUT2D eigenvalue weighted by atomic mass is 32.1. The molecule has 0 fully saturated rings. The number of carbonyl (C=O) groups excluding carboxylic acids is 1. The van der Waals surface area contributed by atoms with Crippen LogP contribution in [0, 0.1) is 0 Å². The van der Waals surface area contributed by atoms with Gasteiger partial charge in [-0.3, -0.25) is 19.1 Å². The number of H-pyrrole nitrogens is 2. The highest BCUT2D eigenvalue weighted by Crippen LogP contribution is 2.21. The smallest absolute Gasteiger partial charge is 0.329 e. The molecule has 3 N–H and O–H groups in total. The zero-order valence-electron chi connectivity index (χ0n) is 14.4. The Balaban J connectivity index is 1.39. The van der Waals surface area contributed by atoms with Gasteiger partial charge >= 0.3 is 5.69 Å². The van der Waals surface area contributed by atoms with E-state index in [-0.39, 0.29) is 23.5 Å². The number of nitrogens with zero attached hydrogens (tertiary/aromatic N) is 3. The predicted octanol–water partition coefficient (Wildman–Crippen LogP) is 0.809. The molecular weight excluding hydrogens is 368 g/mol. The number of para-hydroxylation sites is 1. The van der Waals surface area contributed by atoms with Crippen molar-refractivity contribution in [1.82, 2.24) is 29.8 Å². The SMILES string of the molecule is Cn1c(=O)[nH]c(=O)c2[nH]c(CCC(=O)NCc3nc4ccccc4s3)nc21. The Morgan fingerprint density at radius 1 is 1.22 bits per heavy atom. The number of rotatable bonds is 5. The summed E-state index contributed by atoms with van der Waals surface area (Å²) in [6, 6.07) is 7.82. The summed E-state index contributed by atoms with van der Waals surface area (Å²) < 4.78 is 2.34. The third kappa shape index (κ3) is 3.38. The lowest BCUT2D eigenvalue weighted by Crippen LogP contribution is -2.28. The quantitative estimate of drug-likeness (QED) is 0.469. The molecule has 0 atom stereocenters. The molecule has 3 heterocycles. The van der Waals surface area contributed by atoms with Crippen LogP contribution < -0.4 is 16.6 Å². The molecule has 9 nitrogen and oxygen atoms in total. The number of fused-ring (bicyclic) bond motifs is 2. The molecule has 3 aromatic heterocycles. The van der Waals surface area contributed by atoms with Crippen molar-refractivity contribution < 1.29 is 4.79 Å². The molecule has 10 heteroatoms. The molecule has 0 saturated heterocycles. The van der Waals surface area contributed by atoms with E-state index in [1.54, 1.807) is 11.3 Å². The van der Waals surface area contributed by atoms with Gasteiger partial charge in [0.05, 0.1) is 16.8 Å². The van der Waals surface area contributed by atoms with Crippen molar-refractivity contribution >= 4 is 38.6 Å². The standard InChI is InChI=1S/C17H16N6O3S/c1-23-15-14(16(25)22-17(23)26)20-11(21-15)6-7-12(24)18-8-13-19-9-4-2-3-5-10(9)27-13/h2-5H,6-8H2,1H3,(H,18,24)(H,20,21)(H,22,25,26). The van der Waals surface area contributed by atoms with Crippen molar-refractivity contribution in [2.45, 2.75) is 19.4 Å². The van der Waals surface area contributed by atoms with E-state index in [1.807, 2.05) is 24.3 Å². The van der Waals surface area contributed by atoms with E-state index < -0.39 is 11.2 Å². The van der Waals surface area contributed by atoms with Gasteiger partial charge in [-0.15, -0.1) is 11.3 Å². The van der Waals surface area contributed by atoms with Crippen LogP contribution in [0.15, 0.2) is 33.9 Å². The monoisotopic (exact) mass is 384 g/mol. The average Bonchev–Trinajstić information content (AvgIpc) is 3.27. The third-order valence-corrected chi connectivity index (χ3v) is 5.20. The van der Waals surface area contributed by atoms with Crippen LogP contribution in [0.5, 0.6) is 0 Å². The van der Waals surface area contributed by atoms with Gasteiger partial charge in [-0.1, -0.05) is 12.1 Å². The number of thiazole rings is 1. The summed E-state index contributed by atoms with van der Waals surface area (Å²) >= 11 is 1.55. The number of benzene rings is 1. The molecule has 0 unspecified atom stereocenters. The summed E-state index contributed by atoms with van der Waals surface area (Å²) in [6.45, 7) is 0.368. The second-order valence-electron chi connectivity index (χ2n) is 6.05. The molecule has 27 heavy (non-hydrogen) atoms. The van der Waals surface area contributed by atoms with E-state index in [1.165, 1.54) is 11.6 Å². The fourth-order valence-corrected chi connectivity index (χ4v) is 3.67. The summed E-state index contributed by atoms with van der Waals surface area (Å²) in [5.41, 5.74) is 0.367. The van der Waals surface area contributed by atoms with Gasteiger partial charge in [0.15, 0.2) is 5.65 Å². The lowest BCUT2D eigenvalue weighted by molar-refractivity contribution is -0.121. The molecule has 0 bridgehead atoms. The van der Waals surface area contributed by atoms with Crippen molar-refractivity contribution in [2.24, 2.45) is 7.05 Å². The van der Waals surface area contributed by atoms with Gasteiger partial charge in [-0.05, 0) is 12.1 Å². The molecule has 1 amide bonds. The number of hydrogen-bond donors (Lipinski definition) is 3. The zero-order valence-corrected chi connectivity index (χ0v) is 15.2. The van der Waals surface area contributed by atoms with Gasteiger partial charge in [-0.2, -0.15) is 0 Å². The van der Waals surface area contributed by atoms with Gasteiger partial charge in [0, 0.05) is 19.9 Å². The van der Waals surface area contributed by atoms with Gasteiger partial charge in [0.25, 0.3) is 5.56 Å². The number of aromatic nitrogens is 5. The second-order valence-corrected chi connectivity index (χ2v) is 7.17. The first-order valence-corrected chi connectivity index (χ1v) is 9.12. The summed E-state index contributed by atoms with van der Waals surface area (Å²) in [7, 11) is 1.52. The first-order chi connectivity index (χ1) is 13.0. The molecule has 0 radical (unpaired) electrons. The summed E-state index contributed by atoms with van der Waals surface area (Å²) in [4.78, 5) is 49.3. The van der Waals surface area contributed by atoms with Crippen molar-refractivity contribution in [3.8, 4) is 0 Å². The van der Waals surface area contributed by atoms with Crippen LogP contribution in [-0.2, 0) is 24.8 Å². The molecule has 0 aliphatic carbocycles. The zero-order chi connectivity index (χ0) is 19.0. The minimum atomic E-state index is -0.529. The van der Waals surface area contributed by atoms with Crippen LogP contribution in [0.25, 0.3) is 21.4 Å². The Bertz CT molecular complexity index is 1230. The summed E-state index contributed by atoms with van der Waals surface area (Å²) in [6.07, 6.45) is 0.532. The fraction of sp³-hybridized carbons (Fsp3) is 0.235. The van der Waals surface area contributed by atoms with E-state index >= 15 is 0 Å². The number of aryl methyl sites for hydroxylation is 2. The highest BCUT2D eigenvalue weighted by molar-refractivity contribution is 7.18. The van der Waals surface area contributed by atoms with Gasteiger partial charge < -0.3 is 10.3 Å². The molecule has 1 aromatic carbocycles. The van der Waals surface area contributed by atoms with E-state index in [0.29, 0.717) is 18.8 Å². The second kappa shape index (κ2) is 6.80. The summed E-state index contributed by atoms with van der Waals surface area (Å²) in [5, 5.41) is 3.68. The summed E-state index contributed by atoms with van der Waals surface area (Å²) in [5.74, 6) is 0.337. The van der Waals surface area contributed by atoms with E-state index in [4.69, 9.17) is 0 Å². The number of carbonyl (C=O) groups is 1. The van der Waals surface area contributed by atoms with Crippen LogP contribution in [0.4, 0.5) is 0 Å². The van der Waals surface area contributed by atoms with E-state index in [0.717, 1.165) is 15.2 Å². The van der Waals surface area contributed by atoms with E-state index in [2.05, 4.69) is 25.3 Å². The maximum atomic E-state index is 12.1. The van der Waals surface area contributed by atoms with E-state index in [9.17, 15) is 14.4 Å². The Kier molecular flexibility index (Phi) is 4.32. The maximum Gasteiger partial charge on any atom is 0.329 e. The minimum Gasteiger partial charge on any atom is -0.350 e. The molecule has 0 spiro atoms. The largest absolute Gasteiger partial charge is 0.350 e. The van der Waals surface area contributed by atoms with Crippen LogP contribution in [0.1, 0.15) is 17.3 Å². The normalized spacial score (nSPS) is 11.3. The van der Waals surface area contributed by atoms with Crippen molar-refractivity contribution in [3.63, 3.8) is 0 Å². The third-order valence-electron chi connectivity index (χ3n) is 4.17. The molecule has 138 valence electrons. The molecular formula is C17H16N6O3S. The first kappa shape index (κ1) is 17.2. The number of amides is 1. The molecule has 0 aliphatic heterocycles. The number of nitrogens with one attached hydrogen (secondary N) is 3. The molecule has 4 aromatic rings. The van der Waals surface area contributed by atoms with Gasteiger partial charge in [0.2, 0.25) is 5.91 Å². The fourth-order valence-electron chi connectivity index (χ4n) is 2.76. The Morgan fingerprint density at radius 2 is 2.04 bits per heavy atom. The Labute approximate surface area is 156 Å². The van der Waals surface area contributed by atoms with Crippen molar-refractivity contribution in [2.75, 3.05) is 0 Å². The Hall–Kier alpha value is -3.27. The highest BCUT2D eigenvalue weighted by Gasteiger charge is 2.12. The molecule has 4 rings (SSSR count). The number of imidazole rings is 1. The lowest BCUT2D eigenvalue weighted by Gasteiger charge is -2.01. The minimum absolute atomic E-state index is 0.141. The first-order valence-electron chi connectivity index (χ1n) is 8.30. The lowest BCUT2D eigenvalue weighted by atomic mass is 10.3. The maximum absolute atomic E-state index is 12.1. The Morgan fingerprint density at radius 3 is 2.85 bits per heavy atom. The van der Waals surface area contributed by atoms with Crippen LogP contribution in [0.3, 0.4) is 0 Å². The number of aromatic amines is 2. The average molecular weight is 384 g/mol. The molecule has 0 saturated carbocycles. The topological polar surface area (TPSA) is 126 Å². The number of hydrogen-bond acceptors (Lipinski definition) is 6. The van der Waals surface area contributed by atoms with Crippen molar-refractivity contribution in [3.05, 3.63) is 55.9 Å². The predicted molar refractivity (Wildman–Crippen MR) is 102 cm³/mol. The van der Waals surface area contributed by atoms with Crippen LogP contribution in [-0.4, -0.2) is 30.4 Å². The van der Waals surface area contributed by atoms with Gasteiger partial charge in [0.1, 0.15) is 16.3 Å².